The smallest absolute Gasteiger partial charge is 0.250 e. The molecule has 1 amide bonds. The van der Waals surface area contributed by atoms with Gasteiger partial charge in [0.2, 0.25) is 5.91 Å². The zero-order valence-electron chi connectivity index (χ0n) is 10.7. The topological polar surface area (TPSA) is 55.1 Å². The van der Waals surface area contributed by atoms with Gasteiger partial charge < -0.3 is 11.1 Å². The molecule has 3 N–H and O–H groups in total. The summed E-state index contributed by atoms with van der Waals surface area (Å²) in [5.41, 5.74) is 6.43. The molecule has 5 heteroatoms. The van der Waals surface area contributed by atoms with Gasteiger partial charge in [0.1, 0.15) is 0 Å². The van der Waals surface area contributed by atoms with E-state index in [1.54, 1.807) is 23.5 Å². The fourth-order valence-electron chi connectivity index (χ4n) is 1.81. The number of aryl methyl sites for hydroxylation is 1. The van der Waals surface area contributed by atoms with Gasteiger partial charge in [-0.25, -0.2) is 0 Å². The molecule has 0 bridgehead atoms. The maximum Gasteiger partial charge on any atom is 0.250 e. The van der Waals surface area contributed by atoms with E-state index in [0.717, 1.165) is 5.69 Å². The van der Waals surface area contributed by atoms with Crippen molar-refractivity contribution in [1.82, 2.24) is 0 Å². The zero-order chi connectivity index (χ0) is 14.0. The molecule has 100 valence electrons. The Morgan fingerprint density at radius 3 is 2.63 bits per heavy atom. The van der Waals surface area contributed by atoms with Crippen molar-refractivity contribution in [2.45, 2.75) is 19.9 Å². The number of hydrogen-bond donors (Lipinski definition) is 2. The molecule has 0 saturated heterocycles. The van der Waals surface area contributed by atoms with Gasteiger partial charge >= 0.3 is 0 Å². The van der Waals surface area contributed by atoms with Crippen molar-refractivity contribution in [1.29, 1.82) is 0 Å². The first-order chi connectivity index (χ1) is 8.97. The average Bonchev–Trinajstić information content (AvgIpc) is 2.75. The molecular weight excluding hydrogens is 280 g/mol. The molecule has 0 aliphatic carbocycles. The van der Waals surface area contributed by atoms with Crippen LogP contribution in [0.2, 0.25) is 5.02 Å². The molecule has 1 aromatic carbocycles. The Hall–Kier alpha value is -1.52. The molecule has 1 unspecified atom stereocenters. The lowest BCUT2D eigenvalue weighted by Gasteiger charge is -2.14. The number of primary amides is 1. The Labute approximate surface area is 121 Å². The summed E-state index contributed by atoms with van der Waals surface area (Å²) < 4.78 is 0. The number of carbonyl (C=O) groups excluding carboxylic acids is 1. The van der Waals surface area contributed by atoms with Crippen LogP contribution in [0, 0.1) is 6.92 Å². The molecule has 2 rings (SSSR count). The summed E-state index contributed by atoms with van der Waals surface area (Å²) in [4.78, 5) is 13.6. The second kappa shape index (κ2) is 5.63. The molecule has 2 aromatic rings. The summed E-state index contributed by atoms with van der Waals surface area (Å²) in [5, 5.41) is 3.72. The highest BCUT2D eigenvalue weighted by Gasteiger charge is 2.10. The fraction of sp³-hybridized carbons (Fsp3) is 0.214. The Morgan fingerprint density at radius 1 is 1.37 bits per heavy atom. The predicted molar refractivity (Wildman–Crippen MR) is 81.1 cm³/mol. The van der Waals surface area contributed by atoms with Crippen LogP contribution in [-0.2, 0) is 0 Å². The summed E-state index contributed by atoms with van der Waals surface area (Å²) in [5.74, 6) is -0.515. The Kier molecular flexibility index (Phi) is 4.12. The molecule has 19 heavy (non-hydrogen) atoms. The summed E-state index contributed by atoms with van der Waals surface area (Å²) in [6.07, 6.45) is 0. The van der Waals surface area contributed by atoms with E-state index in [9.17, 15) is 4.79 Å². The van der Waals surface area contributed by atoms with Crippen LogP contribution < -0.4 is 11.1 Å². The molecule has 0 radical (unpaired) electrons. The molecule has 3 nitrogen and oxygen atoms in total. The number of nitrogens with two attached hydrogens (primary N) is 1. The predicted octanol–water partition coefficient (Wildman–Crippen LogP) is 3.98. The molecule has 0 saturated carbocycles. The highest BCUT2D eigenvalue weighted by molar-refractivity contribution is 7.12. The molecule has 1 aromatic heterocycles. The minimum atomic E-state index is -0.515. The van der Waals surface area contributed by atoms with E-state index in [4.69, 9.17) is 17.3 Å². The standard InChI is InChI=1S/C14H15ClN2OS/c1-8-3-6-13(19-8)9(2)17-10-4-5-11(14(16)18)12(15)7-10/h3-7,9,17H,1-2H3,(H2,16,18). The van der Waals surface area contributed by atoms with E-state index >= 15 is 0 Å². The third-order valence-electron chi connectivity index (χ3n) is 2.81. The first kappa shape index (κ1) is 13.9. The zero-order valence-corrected chi connectivity index (χ0v) is 12.3. The molecule has 0 aliphatic rings. The number of thiophene rings is 1. The summed E-state index contributed by atoms with van der Waals surface area (Å²) in [6, 6.07) is 9.56. The van der Waals surface area contributed by atoms with Crippen LogP contribution in [0.1, 0.15) is 33.1 Å². The fourth-order valence-corrected chi connectivity index (χ4v) is 2.97. The van der Waals surface area contributed by atoms with Crippen LogP contribution in [-0.4, -0.2) is 5.91 Å². The van der Waals surface area contributed by atoms with Crippen LogP contribution >= 0.6 is 22.9 Å². The SMILES string of the molecule is Cc1ccc(C(C)Nc2ccc(C(N)=O)c(Cl)c2)s1. The average molecular weight is 295 g/mol. The van der Waals surface area contributed by atoms with Crippen molar-refractivity contribution in [2.75, 3.05) is 5.32 Å². The number of hydrogen-bond acceptors (Lipinski definition) is 3. The van der Waals surface area contributed by atoms with E-state index in [0.29, 0.717) is 10.6 Å². The van der Waals surface area contributed by atoms with Gasteiger partial charge in [0, 0.05) is 15.4 Å². The highest BCUT2D eigenvalue weighted by atomic mass is 35.5. The third-order valence-corrected chi connectivity index (χ3v) is 4.30. The molecule has 0 aliphatic heterocycles. The maximum atomic E-state index is 11.1. The van der Waals surface area contributed by atoms with Crippen molar-refractivity contribution in [3.05, 3.63) is 50.7 Å². The number of halogens is 1. The number of anilines is 1. The summed E-state index contributed by atoms with van der Waals surface area (Å²) >= 11 is 7.78. The van der Waals surface area contributed by atoms with E-state index in [2.05, 4.69) is 31.3 Å². The largest absolute Gasteiger partial charge is 0.378 e. The number of rotatable bonds is 4. The van der Waals surface area contributed by atoms with Crippen LogP contribution in [0.3, 0.4) is 0 Å². The number of carbonyl (C=O) groups is 1. The lowest BCUT2D eigenvalue weighted by molar-refractivity contribution is 0.100. The summed E-state index contributed by atoms with van der Waals surface area (Å²) in [6.45, 7) is 4.17. The van der Waals surface area contributed by atoms with E-state index in [1.165, 1.54) is 9.75 Å². The van der Waals surface area contributed by atoms with E-state index < -0.39 is 5.91 Å². The lowest BCUT2D eigenvalue weighted by atomic mass is 10.2. The first-order valence-electron chi connectivity index (χ1n) is 5.89. The number of amides is 1. The molecule has 1 atom stereocenters. The third kappa shape index (κ3) is 3.28. The van der Waals surface area contributed by atoms with Crippen LogP contribution in [0.25, 0.3) is 0 Å². The van der Waals surface area contributed by atoms with Crippen LogP contribution in [0.15, 0.2) is 30.3 Å². The summed E-state index contributed by atoms with van der Waals surface area (Å²) in [7, 11) is 0. The Bertz CT molecular complexity index is 609. The minimum absolute atomic E-state index is 0.189. The van der Waals surface area contributed by atoms with Crippen LogP contribution in [0.5, 0.6) is 0 Å². The Balaban J connectivity index is 2.15. The van der Waals surface area contributed by atoms with Gasteiger partial charge in [-0.2, -0.15) is 0 Å². The van der Waals surface area contributed by atoms with Gasteiger partial charge in [0.15, 0.2) is 0 Å². The normalized spacial score (nSPS) is 12.2. The van der Waals surface area contributed by atoms with Crippen molar-refractivity contribution in [3.63, 3.8) is 0 Å². The van der Waals surface area contributed by atoms with Crippen molar-refractivity contribution >= 4 is 34.5 Å². The quantitative estimate of drug-likeness (QED) is 0.896. The van der Waals surface area contributed by atoms with Gasteiger partial charge in [-0.05, 0) is 44.2 Å². The van der Waals surface area contributed by atoms with Crippen molar-refractivity contribution in [3.8, 4) is 0 Å². The maximum absolute atomic E-state index is 11.1. The molecule has 0 spiro atoms. The van der Waals surface area contributed by atoms with Crippen molar-refractivity contribution in [2.24, 2.45) is 5.73 Å². The van der Waals surface area contributed by atoms with Gasteiger partial charge in [-0.1, -0.05) is 11.6 Å². The number of benzene rings is 1. The second-order valence-electron chi connectivity index (χ2n) is 4.37. The van der Waals surface area contributed by atoms with Gasteiger partial charge in [-0.15, -0.1) is 11.3 Å². The van der Waals surface area contributed by atoms with Gasteiger partial charge in [-0.3, -0.25) is 4.79 Å². The first-order valence-corrected chi connectivity index (χ1v) is 7.09. The highest BCUT2D eigenvalue weighted by Crippen LogP contribution is 2.27. The molecule has 0 fully saturated rings. The van der Waals surface area contributed by atoms with Gasteiger partial charge in [0.05, 0.1) is 16.6 Å². The lowest BCUT2D eigenvalue weighted by Crippen LogP contribution is -2.12. The second-order valence-corrected chi connectivity index (χ2v) is 6.10. The van der Waals surface area contributed by atoms with Crippen LogP contribution in [0.4, 0.5) is 5.69 Å². The van der Waals surface area contributed by atoms with E-state index in [-0.39, 0.29) is 6.04 Å². The van der Waals surface area contributed by atoms with E-state index in [1.807, 2.05) is 6.07 Å². The molecular formula is C14H15ClN2OS. The monoisotopic (exact) mass is 294 g/mol. The van der Waals surface area contributed by atoms with Crippen molar-refractivity contribution < 1.29 is 4.79 Å². The number of nitrogens with one attached hydrogen (secondary N) is 1. The van der Waals surface area contributed by atoms with Gasteiger partial charge in [0.25, 0.3) is 0 Å². The Morgan fingerprint density at radius 2 is 2.11 bits per heavy atom. The minimum Gasteiger partial charge on any atom is -0.378 e. The molecule has 1 heterocycles.